The van der Waals surface area contributed by atoms with E-state index in [1.165, 1.54) is 0 Å². The maximum Gasteiger partial charge on any atom is 0.135 e. The predicted octanol–water partition coefficient (Wildman–Crippen LogP) is 4.32. The van der Waals surface area contributed by atoms with E-state index >= 15 is 0 Å². The van der Waals surface area contributed by atoms with E-state index in [0.717, 1.165) is 11.1 Å². The summed E-state index contributed by atoms with van der Waals surface area (Å²) >= 11 is 6.44. The smallest absolute Gasteiger partial charge is 0.135 e. The van der Waals surface area contributed by atoms with Crippen molar-refractivity contribution < 1.29 is 4.55 Å². The minimum atomic E-state index is -0.981. The van der Waals surface area contributed by atoms with Gasteiger partial charge < -0.3 is 4.55 Å². The lowest BCUT2D eigenvalue weighted by Crippen LogP contribution is -1.99. The molecule has 1 unspecified atom stereocenters. The molecule has 2 aromatic rings. The molecule has 0 N–H and O–H groups in total. The van der Waals surface area contributed by atoms with Crippen molar-refractivity contribution in [2.75, 3.05) is 0 Å². The lowest BCUT2D eigenvalue weighted by molar-refractivity contribution is 0.603. The van der Waals surface area contributed by atoms with Crippen LogP contribution < -0.4 is 0 Å². The van der Waals surface area contributed by atoms with Crippen molar-refractivity contribution in [3.8, 4) is 0 Å². The molecule has 0 bridgehead atoms. The van der Waals surface area contributed by atoms with Gasteiger partial charge in [-0.05, 0) is 51.8 Å². The highest BCUT2D eigenvalue weighted by Crippen LogP contribution is 2.14. The third-order valence-electron chi connectivity index (χ3n) is 2.18. The number of hydrogen-bond donors (Lipinski definition) is 0. The summed E-state index contributed by atoms with van der Waals surface area (Å²) in [6, 6.07) is 9.44. The Balaban J connectivity index is 1.93. The standard InChI is InChI=1S/C13H11ClOS2/c14-13-3-1-12(2-4-13)10-17(15)8-6-11-5-7-16-9-11/h1-9H,10H2/b8-6+. The molecule has 0 aliphatic rings. The van der Waals surface area contributed by atoms with Gasteiger partial charge >= 0.3 is 0 Å². The van der Waals surface area contributed by atoms with Crippen molar-refractivity contribution in [3.05, 3.63) is 62.6 Å². The molecule has 2 rings (SSSR count). The molecule has 4 heteroatoms. The molecule has 1 atom stereocenters. The number of benzene rings is 1. The van der Waals surface area contributed by atoms with Gasteiger partial charge in [0.2, 0.25) is 0 Å². The molecule has 0 fully saturated rings. The zero-order valence-electron chi connectivity index (χ0n) is 9.01. The fourth-order valence-electron chi connectivity index (χ4n) is 1.32. The van der Waals surface area contributed by atoms with E-state index in [1.54, 1.807) is 16.7 Å². The van der Waals surface area contributed by atoms with Gasteiger partial charge in [0.1, 0.15) is 11.2 Å². The molecule has 0 amide bonds. The van der Waals surface area contributed by atoms with E-state index in [2.05, 4.69) is 0 Å². The molecule has 88 valence electrons. The minimum Gasteiger partial charge on any atom is -0.612 e. The fraction of sp³-hybridized carbons (Fsp3) is 0.0769. The summed E-state index contributed by atoms with van der Waals surface area (Å²) in [6.45, 7) is 0. The summed E-state index contributed by atoms with van der Waals surface area (Å²) in [4.78, 5) is 0. The zero-order chi connectivity index (χ0) is 12.1. The lowest BCUT2D eigenvalue weighted by atomic mass is 10.2. The van der Waals surface area contributed by atoms with Crippen molar-refractivity contribution in [1.82, 2.24) is 0 Å². The molecule has 17 heavy (non-hydrogen) atoms. The van der Waals surface area contributed by atoms with E-state index in [1.807, 2.05) is 47.2 Å². The summed E-state index contributed by atoms with van der Waals surface area (Å²) < 4.78 is 11.8. The first-order valence-corrected chi connectivity index (χ1v) is 7.76. The summed E-state index contributed by atoms with van der Waals surface area (Å²) in [7, 11) is 0. The molecule has 1 aromatic heterocycles. The SMILES string of the molecule is [O-][S+](/C=C/c1ccsc1)Cc1ccc(Cl)cc1. The molecule has 0 aliphatic carbocycles. The van der Waals surface area contributed by atoms with Gasteiger partial charge in [0, 0.05) is 10.6 Å². The first kappa shape index (κ1) is 12.7. The summed E-state index contributed by atoms with van der Waals surface area (Å²) in [5, 5.41) is 6.46. The van der Waals surface area contributed by atoms with Crippen molar-refractivity contribution in [1.29, 1.82) is 0 Å². The summed E-state index contributed by atoms with van der Waals surface area (Å²) in [5.74, 6) is 0.526. The Hall–Kier alpha value is -0.740. The first-order valence-electron chi connectivity index (χ1n) is 5.06. The van der Waals surface area contributed by atoms with Crippen LogP contribution in [0, 0.1) is 0 Å². The van der Waals surface area contributed by atoms with Gasteiger partial charge in [-0.2, -0.15) is 11.3 Å². The Kier molecular flexibility index (Phi) is 4.68. The molecular formula is C13H11ClOS2. The topological polar surface area (TPSA) is 23.1 Å². The van der Waals surface area contributed by atoms with Gasteiger partial charge in [-0.15, -0.1) is 0 Å². The molecule has 0 saturated heterocycles. The molecule has 0 saturated carbocycles. The van der Waals surface area contributed by atoms with Gasteiger partial charge in [0.15, 0.2) is 0 Å². The van der Waals surface area contributed by atoms with Crippen LogP contribution in [0.3, 0.4) is 0 Å². The Labute approximate surface area is 113 Å². The van der Waals surface area contributed by atoms with Gasteiger partial charge in [-0.1, -0.05) is 23.7 Å². The second-order valence-corrected chi connectivity index (χ2v) is 6.05. The predicted molar refractivity (Wildman–Crippen MR) is 76.7 cm³/mol. The fourth-order valence-corrected chi connectivity index (χ4v) is 3.00. The minimum absolute atomic E-state index is 0.526. The number of hydrogen-bond acceptors (Lipinski definition) is 2. The normalized spacial score (nSPS) is 13.1. The van der Waals surface area contributed by atoms with Crippen LogP contribution in [-0.2, 0) is 16.9 Å². The van der Waals surface area contributed by atoms with Crippen LogP contribution in [-0.4, -0.2) is 4.55 Å². The quantitative estimate of drug-likeness (QED) is 0.766. The molecule has 0 aliphatic heterocycles. The summed E-state index contributed by atoms with van der Waals surface area (Å²) in [5.41, 5.74) is 2.13. The van der Waals surface area contributed by atoms with Crippen LogP contribution in [0.25, 0.3) is 6.08 Å². The van der Waals surface area contributed by atoms with Crippen LogP contribution in [0.4, 0.5) is 0 Å². The van der Waals surface area contributed by atoms with Crippen molar-refractivity contribution in [2.24, 2.45) is 0 Å². The molecular weight excluding hydrogens is 272 g/mol. The molecule has 1 nitrogen and oxygen atoms in total. The monoisotopic (exact) mass is 282 g/mol. The van der Waals surface area contributed by atoms with Crippen LogP contribution in [0.2, 0.25) is 5.02 Å². The second kappa shape index (κ2) is 6.26. The van der Waals surface area contributed by atoms with Crippen molar-refractivity contribution in [3.63, 3.8) is 0 Å². The summed E-state index contributed by atoms with van der Waals surface area (Å²) in [6.07, 6.45) is 1.89. The molecule has 0 radical (unpaired) electrons. The van der Waals surface area contributed by atoms with E-state index in [0.29, 0.717) is 10.8 Å². The highest BCUT2D eigenvalue weighted by molar-refractivity contribution is 7.93. The highest BCUT2D eigenvalue weighted by atomic mass is 35.5. The van der Waals surface area contributed by atoms with E-state index in [4.69, 9.17) is 11.6 Å². The number of thiophene rings is 1. The largest absolute Gasteiger partial charge is 0.612 e. The van der Waals surface area contributed by atoms with Gasteiger partial charge in [0.05, 0.1) is 0 Å². The van der Waals surface area contributed by atoms with Crippen molar-refractivity contribution in [2.45, 2.75) is 5.75 Å². The van der Waals surface area contributed by atoms with Gasteiger partial charge in [-0.3, -0.25) is 0 Å². The third-order valence-corrected chi connectivity index (χ3v) is 4.19. The number of halogens is 1. The maximum absolute atomic E-state index is 11.8. The Morgan fingerprint density at radius 1 is 1.24 bits per heavy atom. The van der Waals surface area contributed by atoms with E-state index in [-0.39, 0.29) is 0 Å². The third kappa shape index (κ3) is 4.21. The van der Waals surface area contributed by atoms with E-state index < -0.39 is 11.2 Å². The highest BCUT2D eigenvalue weighted by Gasteiger charge is 2.03. The van der Waals surface area contributed by atoms with Crippen LogP contribution >= 0.6 is 22.9 Å². The average Bonchev–Trinajstić information content (AvgIpc) is 2.83. The van der Waals surface area contributed by atoms with E-state index in [9.17, 15) is 4.55 Å². The zero-order valence-corrected chi connectivity index (χ0v) is 11.4. The molecule has 0 spiro atoms. The Bertz CT molecular complexity index is 477. The number of rotatable bonds is 4. The Morgan fingerprint density at radius 2 is 2.00 bits per heavy atom. The van der Waals surface area contributed by atoms with Gasteiger partial charge in [0.25, 0.3) is 0 Å². The van der Waals surface area contributed by atoms with Crippen LogP contribution in [0.15, 0.2) is 46.5 Å². The van der Waals surface area contributed by atoms with Crippen molar-refractivity contribution >= 4 is 40.2 Å². The second-order valence-electron chi connectivity index (χ2n) is 3.51. The molecule has 1 aromatic carbocycles. The molecule has 1 heterocycles. The van der Waals surface area contributed by atoms with Gasteiger partial charge in [-0.25, -0.2) is 0 Å². The Morgan fingerprint density at radius 3 is 2.65 bits per heavy atom. The first-order chi connectivity index (χ1) is 8.24. The lowest BCUT2D eigenvalue weighted by Gasteiger charge is -2.05. The van der Waals surface area contributed by atoms with Crippen LogP contribution in [0.5, 0.6) is 0 Å². The maximum atomic E-state index is 11.8. The average molecular weight is 283 g/mol. The van der Waals surface area contributed by atoms with Crippen LogP contribution in [0.1, 0.15) is 11.1 Å².